The second-order valence-corrected chi connectivity index (χ2v) is 6.91. The molecule has 2 rings (SSSR count). The van der Waals surface area contributed by atoms with Crippen molar-refractivity contribution in [3.63, 3.8) is 0 Å². The number of rotatable bonds is 12. The van der Waals surface area contributed by atoms with E-state index in [1.54, 1.807) is 49.6 Å². The predicted octanol–water partition coefficient (Wildman–Crippen LogP) is -0.129. The predicted molar refractivity (Wildman–Crippen MR) is 120 cm³/mol. The number of hydrogen-bond acceptors (Lipinski definition) is 7. The second-order valence-electron chi connectivity index (χ2n) is 6.91. The molecule has 172 valence electrons. The topological polar surface area (TPSA) is 159 Å². The molecule has 0 aliphatic heterocycles. The molecule has 32 heavy (non-hydrogen) atoms. The highest BCUT2D eigenvalue weighted by atomic mass is 16.5. The minimum Gasteiger partial charge on any atom is -0.493 e. The van der Waals surface area contributed by atoms with Gasteiger partial charge in [-0.15, -0.1) is 0 Å². The van der Waals surface area contributed by atoms with E-state index in [2.05, 4.69) is 16.0 Å². The van der Waals surface area contributed by atoms with Crippen molar-refractivity contribution < 1.29 is 24.2 Å². The van der Waals surface area contributed by atoms with Crippen LogP contribution < -0.4 is 31.2 Å². The first kappa shape index (κ1) is 24.6. The van der Waals surface area contributed by atoms with Crippen molar-refractivity contribution in [3.8, 4) is 11.5 Å². The van der Waals surface area contributed by atoms with Gasteiger partial charge < -0.3 is 30.9 Å². The Morgan fingerprint density at radius 1 is 1.00 bits per heavy atom. The van der Waals surface area contributed by atoms with Gasteiger partial charge >= 0.3 is 0 Å². The van der Waals surface area contributed by atoms with Crippen LogP contribution in [0.5, 0.6) is 11.5 Å². The van der Waals surface area contributed by atoms with Crippen molar-refractivity contribution in [2.45, 2.75) is 19.1 Å². The summed E-state index contributed by atoms with van der Waals surface area (Å²) in [6.45, 7) is -0.0719. The van der Waals surface area contributed by atoms with E-state index in [0.717, 1.165) is 11.1 Å². The molecule has 0 heterocycles. The standard InChI is InChI=1S/C22H29N5O5/c1-31-18-8-5-15(9-19(18)32-2)11-26-20(29)12-27-22(30)17(13-28)25-10-14-3-6-16(7-4-14)21(23)24/h3-9,17,25,28H,10-13H2,1-2H3,(H3,23,24)(H,26,29)(H,27,30). The van der Waals surface area contributed by atoms with Gasteiger partial charge in [0.05, 0.1) is 27.4 Å². The number of amidine groups is 1. The minimum absolute atomic E-state index is 0.0264. The molecule has 1 atom stereocenters. The number of ether oxygens (including phenoxy) is 2. The number of nitrogens with two attached hydrogens (primary N) is 1. The van der Waals surface area contributed by atoms with Crippen LogP contribution in [0.4, 0.5) is 0 Å². The maximum Gasteiger partial charge on any atom is 0.239 e. The van der Waals surface area contributed by atoms with Crippen molar-refractivity contribution in [3.05, 3.63) is 59.2 Å². The van der Waals surface area contributed by atoms with Crippen molar-refractivity contribution in [1.82, 2.24) is 16.0 Å². The maximum absolute atomic E-state index is 12.3. The molecule has 0 radical (unpaired) electrons. The molecule has 10 heteroatoms. The number of aliphatic hydroxyl groups is 1. The zero-order chi connectivity index (χ0) is 23.5. The van der Waals surface area contributed by atoms with Gasteiger partial charge in [0, 0.05) is 18.7 Å². The molecule has 0 saturated carbocycles. The normalized spacial score (nSPS) is 11.3. The summed E-state index contributed by atoms with van der Waals surface area (Å²) in [5, 5.41) is 25.1. The zero-order valence-electron chi connectivity index (χ0n) is 18.1. The zero-order valence-corrected chi connectivity index (χ0v) is 18.1. The van der Waals surface area contributed by atoms with Gasteiger partial charge in [-0.3, -0.25) is 20.3 Å². The molecular weight excluding hydrogens is 414 g/mol. The number of hydrogen-bond donors (Lipinski definition) is 6. The summed E-state index contributed by atoms with van der Waals surface area (Å²) in [5.74, 6) is 0.257. The van der Waals surface area contributed by atoms with Gasteiger partial charge in [0.15, 0.2) is 11.5 Å². The number of carbonyl (C=O) groups excluding carboxylic acids is 2. The molecular formula is C22H29N5O5. The number of nitrogens with one attached hydrogen (secondary N) is 4. The smallest absolute Gasteiger partial charge is 0.239 e. The Kier molecular flexibility index (Phi) is 9.45. The average Bonchev–Trinajstić information content (AvgIpc) is 2.81. The van der Waals surface area contributed by atoms with E-state index in [4.69, 9.17) is 20.6 Å². The van der Waals surface area contributed by atoms with Crippen LogP contribution in [0.1, 0.15) is 16.7 Å². The first-order chi connectivity index (χ1) is 15.4. The Hall–Kier alpha value is -3.63. The summed E-state index contributed by atoms with van der Waals surface area (Å²) in [7, 11) is 3.07. The molecule has 1 unspecified atom stereocenters. The number of amides is 2. The van der Waals surface area contributed by atoms with Gasteiger partial charge in [0.1, 0.15) is 11.9 Å². The summed E-state index contributed by atoms with van der Waals surface area (Å²) in [6.07, 6.45) is 0. The minimum atomic E-state index is -0.874. The van der Waals surface area contributed by atoms with Crippen LogP contribution >= 0.6 is 0 Å². The molecule has 2 amide bonds. The van der Waals surface area contributed by atoms with E-state index in [1.165, 1.54) is 7.11 Å². The van der Waals surface area contributed by atoms with E-state index >= 15 is 0 Å². The lowest BCUT2D eigenvalue weighted by Crippen LogP contribution is -2.48. The summed E-state index contributed by atoms with van der Waals surface area (Å²) >= 11 is 0. The molecule has 7 N–H and O–H groups in total. The van der Waals surface area contributed by atoms with E-state index in [-0.39, 0.29) is 24.8 Å². The van der Waals surface area contributed by atoms with Gasteiger partial charge in [-0.2, -0.15) is 0 Å². The second kappa shape index (κ2) is 12.3. The van der Waals surface area contributed by atoms with Crippen LogP contribution in [-0.2, 0) is 22.7 Å². The highest BCUT2D eigenvalue weighted by Crippen LogP contribution is 2.27. The summed E-state index contributed by atoms with van der Waals surface area (Å²) < 4.78 is 10.4. The fraction of sp³-hybridized carbons (Fsp3) is 0.318. The average molecular weight is 444 g/mol. The van der Waals surface area contributed by atoms with Gasteiger partial charge in [-0.05, 0) is 23.3 Å². The van der Waals surface area contributed by atoms with Crippen molar-refractivity contribution in [2.75, 3.05) is 27.4 Å². The molecule has 0 fully saturated rings. The van der Waals surface area contributed by atoms with Gasteiger partial charge in [0.25, 0.3) is 0 Å². The Morgan fingerprint density at radius 3 is 2.25 bits per heavy atom. The van der Waals surface area contributed by atoms with E-state index in [1.807, 2.05) is 0 Å². The highest BCUT2D eigenvalue weighted by Gasteiger charge is 2.17. The van der Waals surface area contributed by atoms with Gasteiger partial charge in [-0.1, -0.05) is 30.3 Å². The first-order valence-electron chi connectivity index (χ1n) is 9.90. The molecule has 0 aliphatic carbocycles. The number of benzene rings is 2. The number of aliphatic hydroxyl groups excluding tert-OH is 1. The van der Waals surface area contributed by atoms with Gasteiger partial charge in [0.2, 0.25) is 11.8 Å². The summed E-state index contributed by atoms with van der Waals surface area (Å²) in [4.78, 5) is 24.4. The number of methoxy groups -OCH3 is 2. The Balaban J connectivity index is 1.78. The number of carbonyl (C=O) groups is 2. The van der Waals surface area contributed by atoms with Crippen LogP contribution in [0.3, 0.4) is 0 Å². The van der Waals surface area contributed by atoms with Crippen LogP contribution in [0.15, 0.2) is 42.5 Å². The summed E-state index contributed by atoms with van der Waals surface area (Å²) in [5.41, 5.74) is 7.69. The molecule has 10 nitrogen and oxygen atoms in total. The maximum atomic E-state index is 12.3. The highest BCUT2D eigenvalue weighted by molar-refractivity contribution is 5.94. The van der Waals surface area contributed by atoms with Crippen LogP contribution in [-0.4, -0.2) is 56.2 Å². The molecule has 0 saturated heterocycles. The molecule has 2 aromatic rings. The Morgan fingerprint density at radius 2 is 1.66 bits per heavy atom. The monoisotopic (exact) mass is 443 g/mol. The van der Waals surface area contributed by atoms with Gasteiger partial charge in [-0.25, -0.2) is 0 Å². The largest absolute Gasteiger partial charge is 0.493 e. The third kappa shape index (κ3) is 7.25. The third-order valence-electron chi connectivity index (χ3n) is 4.68. The molecule has 0 aromatic heterocycles. The fourth-order valence-electron chi connectivity index (χ4n) is 2.83. The SMILES string of the molecule is COc1ccc(CNC(=O)CNC(=O)C(CO)NCc2ccc(C(=N)N)cc2)cc1OC. The molecule has 0 bridgehead atoms. The molecule has 2 aromatic carbocycles. The summed E-state index contributed by atoms with van der Waals surface area (Å²) in [6, 6.07) is 11.4. The van der Waals surface area contributed by atoms with Crippen LogP contribution in [0, 0.1) is 5.41 Å². The lowest BCUT2D eigenvalue weighted by molar-refractivity contribution is -0.128. The van der Waals surface area contributed by atoms with Crippen molar-refractivity contribution in [2.24, 2.45) is 5.73 Å². The van der Waals surface area contributed by atoms with E-state index in [0.29, 0.717) is 23.6 Å². The number of nitrogen functional groups attached to an aromatic ring is 1. The van der Waals surface area contributed by atoms with Crippen molar-refractivity contribution >= 4 is 17.6 Å². The Bertz CT molecular complexity index is 933. The lowest BCUT2D eigenvalue weighted by Gasteiger charge is -2.16. The van der Waals surface area contributed by atoms with E-state index < -0.39 is 18.6 Å². The van der Waals surface area contributed by atoms with Crippen LogP contribution in [0.2, 0.25) is 0 Å². The third-order valence-corrected chi connectivity index (χ3v) is 4.68. The quantitative estimate of drug-likeness (QED) is 0.197. The van der Waals surface area contributed by atoms with E-state index in [9.17, 15) is 14.7 Å². The van der Waals surface area contributed by atoms with Crippen LogP contribution in [0.25, 0.3) is 0 Å². The fourth-order valence-corrected chi connectivity index (χ4v) is 2.83. The van der Waals surface area contributed by atoms with Crippen molar-refractivity contribution in [1.29, 1.82) is 5.41 Å². The molecule has 0 aliphatic rings. The Labute approximate surface area is 186 Å². The lowest BCUT2D eigenvalue weighted by atomic mass is 10.1. The molecule has 0 spiro atoms. The first-order valence-corrected chi connectivity index (χ1v) is 9.90.